The van der Waals surface area contributed by atoms with Crippen molar-refractivity contribution in [3.63, 3.8) is 0 Å². The monoisotopic (exact) mass is 408 g/mol. The first-order valence-electron chi connectivity index (χ1n) is 9.42. The molecule has 2 atom stereocenters. The minimum absolute atomic E-state index is 0.0459. The molecule has 4 N–H and O–H groups in total. The summed E-state index contributed by atoms with van der Waals surface area (Å²) in [7, 11) is 0. The van der Waals surface area contributed by atoms with Crippen LogP contribution < -0.4 is 25.8 Å². The second kappa shape index (κ2) is 8.40. The Kier molecular flexibility index (Phi) is 6.14. The summed E-state index contributed by atoms with van der Waals surface area (Å²) in [6.07, 6.45) is 0.338. The number of carbonyl (C=O) groups excluding carboxylic acids is 1. The number of nitrogens with zero attached hydrogens (tertiary/aromatic N) is 1. The van der Waals surface area contributed by atoms with Crippen molar-refractivity contribution >= 4 is 29.1 Å². The van der Waals surface area contributed by atoms with Crippen LogP contribution in [0.5, 0.6) is 11.5 Å². The molecule has 154 valence electrons. The molecular weight excluding hydrogens is 380 g/mol. The lowest BCUT2D eigenvalue weighted by molar-refractivity contribution is 0.0184. The van der Waals surface area contributed by atoms with Gasteiger partial charge in [-0.15, -0.1) is 0 Å². The average molecular weight is 409 g/mol. The number of nitrogens with one attached hydrogen (secondary N) is 2. The number of benzene rings is 1. The number of thiocarbonyl (C=S) groups is 1. The Morgan fingerprint density at radius 2 is 2.07 bits per heavy atom. The number of para-hydroxylation sites is 1. The Hall–Kier alpha value is -2.26. The smallest absolute Gasteiger partial charge is 0.410 e. The second-order valence-corrected chi connectivity index (χ2v) is 8.32. The van der Waals surface area contributed by atoms with Crippen LogP contribution in [0.25, 0.3) is 0 Å². The molecule has 28 heavy (non-hydrogen) atoms. The molecule has 1 amide bonds. The van der Waals surface area contributed by atoms with Crippen LogP contribution in [0.1, 0.15) is 27.2 Å². The molecule has 1 saturated heterocycles. The summed E-state index contributed by atoms with van der Waals surface area (Å²) in [6, 6.07) is 5.31. The van der Waals surface area contributed by atoms with E-state index in [4.69, 9.17) is 32.2 Å². The SMILES string of the molecule is CC(C)(C)OC(=O)N1CC[C@H](NC(=S)Nc2cccc3c2OCCO3)[C@H](N)C1. The lowest BCUT2D eigenvalue weighted by Crippen LogP contribution is -2.59. The van der Waals surface area contributed by atoms with Crippen LogP contribution in [0.15, 0.2) is 18.2 Å². The van der Waals surface area contributed by atoms with E-state index >= 15 is 0 Å². The van der Waals surface area contributed by atoms with Gasteiger partial charge in [0, 0.05) is 25.2 Å². The highest BCUT2D eigenvalue weighted by atomic mass is 32.1. The van der Waals surface area contributed by atoms with Crippen molar-refractivity contribution in [1.82, 2.24) is 10.2 Å². The minimum Gasteiger partial charge on any atom is -0.486 e. The van der Waals surface area contributed by atoms with Gasteiger partial charge in [0.1, 0.15) is 18.8 Å². The Balaban J connectivity index is 1.54. The van der Waals surface area contributed by atoms with Crippen LogP contribution in [-0.4, -0.2) is 60.1 Å². The molecule has 0 unspecified atom stereocenters. The van der Waals surface area contributed by atoms with Crippen molar-refractivity contribution in [3.05, 3.63) is 18.2 Å². The maximum Gasteiger partial charge on any atom is 0.410 e. The average Bonchev–Trinajstić information content (AvgIpc) is 2.62. The summed E-state index contributed by atoms with van der Waals surface area (Å²) < 4.78 is 16.7. The molecule has 0 spiro atoms. The van der Waals surface area contributed by atoms with Gasteiger partial charge in [-0.1, -0.05) is 6.07 Å². The van der Waals surface area contributed by atoms with Crippen LogP contribution >= 0.6 is 12.2 Å². The Bertz CT molecular complexity index is 737. The van der Waals surface area contributed by atoms with Gasteiger partial charge >= 0.3 is 6.09 Å². The van der Waals surface area contributed by atoms with Crippen molar-refractivity contribution in [2.75, 3.05) is 31.6 Å². The van der Waals surface area contributed by atoms with Gasteiger partial charge < -0.3 is 35.5 Å². The number of likely N-dealkylation sites (tertiary alicyclic amines) is 1. The van der Waals surface area contributed by atoms with E-state index in [0.29, 0.717) is 49.3 Å². The third kappa shape index (κ3) is 5.17. The van der Waals surface area contributed by atoms with Crippen molar-refractivity contribution in [1.29, 1.82) is 0 Å². The third-order valence-electron chi connectivity index (χ3n) is 4.44. The molecule has 9 heteroatoms. The summed E-state index contributed by atoms with van der Waals surface area (Å²) in [6.45, 7) is 7.54. The molecule has 0 bridgehead atoms. The van der Waals surface area contributed by atoms with Crippen LogP contribution in [0, 0.1) is 0 Å². The quantitative estimate of drug-likeness (QED) is 0.640. The molecule has 1 aromatic carbocycles. The van der Waals surface area contributed by atoms with Crippen LogP contribution in [0.2, 0.25) is 0 Å². The number of ether oxygens (including phenoxy) is 3. The van der Waals surface area contributed by atoms with E-state index < -0.39 is 5.60 Å². The van der Waals surface area contributed by atoms with E-state index in [1.165, 1.54) is 0 Å². The zero-order valence-electron chi connectivity index (χ0n) is 16.5. The number of hydrogen-bond donors (Lipinski definition) is 3. The zero-order valence-corrected chi connectivity index (χ0v) is 17.3. The fourth-order valence-electron chi connectivity index (χ4n) is 3.15. The molecule has 2 aliphatic heterocycles. The Morgan fingerprint density at radius 1 is 1.32 bits per heavy atom. The summed E-state index contributed by atoms with van der Waals surface area (Å²) in [4.78, 5) is 13.9. The number of hydrogen-bond acceptors (Lipinski definition) is 6. The molecule has 3 rings (SSSR count). The van der Waals surface area contributed by atoms with Gasteiger partial charge in [-0.25, -0.2) is 4.79 Å². The first-order chi connectivity index (χ1) is 13.2. The molecular formula is C19H28N4O4S. The maximum absolute atomic E-state index is 12.2. The van der Waals surface area contributed by atoms with Crippen LogP contribution in [0.4, 0.5) is 10.5 Å². The fraction of sp³-hybridized carbons (Fsp3) is 0.579. The van der Waals surface area contributed by atoms with E-state index in [1.54, 1.807) is 4.90 Å². The Labute approximate surface area is 170 Å². The normalized spacial score (nSPS) is 21.6. The van der Waals surface area contributed by atoms with Gasteiger partial charge in [0.15, 0.2) is 16.6 Å². The van der Waals surface area contributed by atoms with Gasteiger partial charge in [-0.2, -0.15) is 0 Å². The van der Waals surface area contributed by atoms with Gasteiger partial charge in [0.2, 0.25) is 0 Å². The molecule has 2 aliphatic rings. The largest absolute Gasteiger partial charge is 0.486 e. The highest BCUT2D eigenvalue weighted by molar-refractivity contribution is 7.80. The third-order valence-corrected chi connectivity index (χ3v) is 4.66. The van der Waals surface area contributed by atoms with E-state index in [9.17, 15) is 4.79 Å². The summed E-state index contributed by atoms with van der Waals surface area (Å²) in [5.41, 5.74) is 6.50. The van der Waals surface area contributed by atoms with Crippen molar-refractivity contribution in [2.24, 2.45) is 5.73 Å². The lowest BCUT2D eigenvalue weighted by atomic mass is 10.0. The highest BCUT2D eigenvalue weighted by Gasteiger charge is 2.32. The molecule has 0 saturated carbocycles. The number of rotatable bonds is 2. The number of anilines is 1. The van der Waals surface area contributed by atoms with E-state index in [2.05, 4.69) is 10.6 Å². The predicted octanol–water partition coefficient (Wildman–Crippen LogP) is 2.08. The highest BCUT2D eigenvalue weighted by Crippen LogP contribution is 2.37. The van der Waals surface area contributed by atoms with E-state index in [1.807, 2.05) is 39.0 Å². The summed E-state index contributed by atoms with van der Waals surface area (Å²) in [5.74, 6) is 1.35. The number of carbonyl (C=O) groups is 1. The molecule has 8 nitrogen and oxygen atoms in total. The zero-order chi connectivity index (χ0) is 20.3. The van der Waals surface area contributed by atoms with Gasteiger partial charge in [-0.05, 0) is 51.5 Å². The number of fused-ring (bicyclic) bond motifs is 1. The molecule has 2 heterocycles. The predicted molar refractivity (Wildman–Crippen MR) is 111 cm³/mol. The van der Waals surface area contributed by atoms with Gasteiger partial charge in [-0.3, -0.25) is 0 Å². The summed E-state index contributed by atoms with van der Waals surface area (Å²) in [5, 5.41) is 6.86. The fourth-order valence-corrected chi connectivity index (χ4v) is 3.41. The van der Waals surface area contributed by atoms with E-state index in [0.717, 1.165) is 5.69 Å². The van der Waals surface area contributed by atoms with Crippen LogP contribution in [-0.2, 0) is 4.74 Å². The van der Waals surface area contributed by atoms with Gasteiger partial charge in [0.25, 0.3) is 0 Å². The first kappa shape index (κ1) is 20.5. The van der Waals surface area contributed by atoms with Crippen molar-refractivity contribution in [2.45, 2.75) is 44.9 Å². The second-order valence-electron chi connectivity index (χ2n) is 7.91. The standard InChI is InChI=1S/C19H28N4O4S/c1-19(2,3)27-18(24)23-8-7-13(12(20)11-23)21-17(28)22-14-5-4-6-15-16(14)26-10-9-25-15/h4-6,12-13H,7-11,20H2,1-3H3,(H2,21,22,28)/t12-,13+/m1/s1. The lowest BCUT2D eigenvalue weighted by Gasteiger charge is -2.38. The first-order valence-corrected chi connectivity index (χ1v) is 9.83. The molecule has 0 aliphatic carbocycles. The van der Waals surface area contributed by atoms with Crippen LogP contribution in [0.3, 0.4) is 0 Å². The van der Waals surface area contributed by atoms with Crippen molar-refractivity contribution in [3.8, 4) is 11.5 Å². The Morgan fingerprint density at radius 3 is 2.79 bits per heavy atom. The molecule has 1 aromatic rings. The number of nitrogens with two attached hydrogens (primary N) is 1. The maximum atomic E-state index is 12.2. The summed E-state index contributed by atoms with van der Waals surface area (Å²) >= 11 is 5.45. The molecule has 0 radical (unpaired) electrons. The minimum atomic E-state index is -0.525. The molecule has 1 fully saturated rings. The number of amides is 1. The number of piperidine rings is 1. The topological polar surface area (TPSA) is 98.1 Å². The molecule has 0 aromatic heterocycles. The van der Waals surface area contributed by atoms with E-state index in [-0.39, 0.29) is 18.2 Å². The van der Waals surface area contributed by atoms with Crippen molar-refractivity contribution < 1.29 is 19.0 Å². The van der Waals surface area contributed by atoms with Gasteiger partial charge in [0.05, 0.1) is 5.69 Å².